The van der Waals surface area contributed by atoms with E-state index in [9.17, 15) is 4.79 Å². The van der Waals surface area contributed by atoms with Crippen molar-refractivity contribution < 1.29 is 4.79 Å². The maximum atomic E-state index is 12.4. The molecular formula is C24H20N4OS3. The molecular weight excluding hydrogens is 456 g/mol. The molecule has 0 fully saturated rings. The molecule has 0 atom stereocenters. The van der Waals surface area contributed by atoms with Crippen LogP contribution in [0.2, 0.25) is 0 Å². The first-order chi connectivity index (χ1) is 15.7. The number of hydrogen-bond acceptors (Lipinski definition) is 5. The van der Waals surface area contributed by atoms with Gasteiger partial charge in [-0.15, -0.1) is 23.1 Å². The monoisotopic (exact) mass is 476 g/mol. The van der Waals surface area contributed by atoms with Crippen molar-refractivity contribution in [3.63, 3.8) is 0 Å². The van der Waals surface area contributed by atoms with Crippen LogP contribution in [0.15, 0.2) is 95.2 Å². The largest absolute Gasteiger partial charge is 0.332 e. The number of rotatable bonds is 7. The smallest absolute Gasteiger partial charge is 0.236 e. The van der Waals surface area contributed by atoms with Crippen molar-refractivity contribution in [3.05, 3.63) is 90.3 Å². The topological polar surface area (TPSA) is 66.1 Å². The van der Waals surface area contributed by atoms with Crippen molar-refractivity contribution in [2.45, 2.75) is 4.90 Å². The maximum Gasteiger partial charge on any atom is 0.236 e. The molecule has 8 heteroatoms. The van der Waals surface area contributed by atoms with E-state index in [-0.39, 0.29) is 11.7 Å². The molecule has 0 saturated heterocycles. The van der Waals surface area contributed by atoms with Crippen LogP contribution < -0.4 is 16.0 Å². The number of anilines is 3. The molecule has 4 rings (SSSR count). The number of nitrogens with zero attached hydrogens (tertiary/aromatic N) is 1. The third-order valence-corrected chi connectivity index (χ3v) is 6.27. The fourth-order valence-electron chi connectivity index (χ4n) is 2.86. The first-order valence-electron chi connectivity index (χ1n) is 9.82. The van der Waals surface area contributed by atoms with Gasteiger partial charge in [-0.1, -0.05) is 54.6 Å². The molecule has 1 heterocycles. The summed E-state index contributed by atoms with van der Waals surface area (Å²) in [4.78, 5) is 17.9. The summed E-state index contributed by atoms with van der Waals surface area (Å²) in [7, 11) is 0. The SMILES string of the molecule is O=C(CSc1cccc(NC(=S)Nc2ccccc2)c1)Nc1nc(-c2ccccc2)cs1. The van der Waals surface area contributed by atoms with E-state index in [0.717, 1.165) is 27.5 Å². The first-order valence-corrected chi connectivity index (χ1v) is 12.1. The highest BCUT2D eigenvalue weighted by Crippen LogP contribution is 2.26. The summed E-state index contributed by atoms with van der Waals surface area (Å²) in [6.45, 7) is 0. The first kappa shape index (κ1) is 22.0. The minimum Gasteiger partial charge on any atom is -0.332 e. The second kappa shape index (κ2) is 10.9. The summed E-state index contributed by atoms with van der Waals surface area (Å²) >= 11 is 8.26. The van der Waals surface area contributed by atoms with Gasteiger partial charge in [0, 0.05) is 27.2 Å². The van der Waals surface area contributed by atoms with Gasteiger partial charge < -0.3 is 16.0 Å². The Balaban J connectivity index is 1.28. The molecule has 3 N–H and O–H groups in total. The van der Waals surface area contributed by atoms with Crippen LogP contribution in [0, 0.1) is 0 Å². The maximum absolute atomic E-state index is 12.4. The Morgan fingerprint density at radius 1 is 0.875 bits per heavy atom. The lowest BCUT2D eigenvalue weighted by atomic mass is 10.2. The van der Waals surface area contributed by atoms with Crippen molar-refractivity contribution in [1.82, 2.24) is 4.98 Å². The lowest BCUT2D eigenvalue weighted by molar-refractivity contribution is -0.113. The van der Waals surface area contributed by atoms with Gasteiger partial charge in [0.2, 0.25) is 5.91 Å². The second-order valence-electron chi connectivity index (χ2n) is 6.71. The average molecular weight is 477 g/mol. The van der Waals surface area contributed by atoms with E-state index in [0.29, 0.717) is 10.2 Å². The van der Waals surface area contributed by atoms with Gasteiger partial charge in [0.1, 0.15) is 0 Å². The normalized spacial score (nSPS) is 10.4. The predicted molar refractivity (Wildman–Crippen MR) is 140 cm³/mol. The fraction of sp³-hybridized carbons (Fsp3) is 0.0417. The van der Waals surface area contributed by atoms with Crippen LogP contribution >= 0.6 is 35.3 Å². The molecule has 0 unspecified atom stereocenters. The van der Waals surface area contributed by atoms with Gasteiger partial charge in [0.15, 0.2) is 10.2 Å². The second-order valence-corrected chi connectivity index (χ2v) is 9.03. The lowest BCUT2D eigenvalue weighted by Gasteiger charge is -2.11. The molecule has 0 saturated carbocycles. The summed E-state index contributed by atoms with van der Waals surface area (Å²) in [6, 6.07) is 27.4. The van der Waals surface area contributed by atoms with E-state index in [1.165, 1.54) is 23.1 Å². The number of hydrogen-bond donors (Lipinski definition) is 3. The molecule has 32 heavy (non-hydrogen) atoms. The molecule has 5 nitrogen and oxygen atoms in total. The molecule has 1 aromatic heterocycles. The number of thiazole rings is 1. The summed E-state index contributed by atoms with van der Waals surface area (Å²) in [5.41, 5.74) is 3.67. The highest BCUT2D eigenvalue weighted by molar-refractivity contribution is 8.00. The van der Waals surface area contributed by atoms with Crippen LogP contribution in [0.4, 0.5) is 16.5 Å². The molecule has 1 amide bonds. The van der Waals surface area contributed by atoms with Gasteiger partial charge in [-0.05, 0) is 42.5 Å². The standard InChI is InChI=1S/C24H20N4OS3/c29-22(28-24-27-21(15-32-24)17-8-3-1-4-9-17)16-31-20-13-7-12-19(14-20)26-23(30)25-18-10-5-2-6-11-18/h1-15H,16H2,(H2,25,26,30)(H,27,28,29). The van der Waals surface area contributed by atoms with Gasteiger partial charge in [-0.25, -0.2) is 4.98 Å². The number of benzene rings is 3. The molecule has 0 bridgehead atoms. The summed E-state index contributed by atoms with van der Waals surface area (Å²) in [5, 5.41) is 12.2. The van der Waals surface area contributed by atoms with Crippen molar-refractivity contribution in [3.8, 4) is 11.3 Å². The van der Waals surface area contributed by atoms with E-state index < -0.39 is 0 Å². The minimum atomic E-state index is -0.0939. The highest BCUT2D eigenvalue weighted by Gasteiger charge is 2.09. The number of carbonyl (C=O) groups is 1. The van der Waals surface area contributed by atoms with Crippen LogP contribution in [-0.4, -0.2) is 21.8 Å². The lowest BCUT2D eigenvalue weighted by Crippen LogP contribution is -2.19. The third-order valence-electron chi connectivity index (χ3n) is 4.31. The molecule has 0 radical (unpaired) electrons. The van der Waals surface area contributed by atoms with Crippen LogP contribution in [0.5, 0.6) is 0 Å². The zero-order valence-electron chi connectivity index (χ0n) is 16.9. The van der Waals surface area contributed by atoms with Gasteiger partial charge in [-0.2, -0.15) is 0 Å². The average Bonchev–Trinajstić information content (AvgIpc) is 3.27. The van der Waals surface area contributed by atoms with E-state index in [2.05, 4.69) is 20.9 Å². The number of para-hydroxylation sites is 1. The number of aromatic nitrogens is 1. The van der Waals surface area contributed by atoms with Gasteiger partial charge in [-0.3, -0.25) is 4.79 Å². The summed E-state index contributed by atoms with van der Waals surface area (Å²) < 4.78 is 0. The van der Waals surface area contributed by atoms with E-state index in [4.69, 9.17) is 12.2 Å². The summed E-state index contributed by atoms with van der Waals surface area (Å²) in [5.74, 6) is 0.194. The van der Waals surface area contributed by atoms with Gasteiger partial charge in [0.25, 0.3) is 0 Å². The Morgan fingerprint density at radius 3 is 2.34 bits per heavy atom. The minimum absolute atomic E-state index is 0.0939. The quantitative estimate of drug-likeness (QED) is 0.213. The van der Waals surface area contributed by atoms with Crippen LogP contribution in [0.25, 0.3) is 11.3 Å². The van der Waals surface area contributed by atoms with Gasteiger partial charge in [0.05, 0.1) is 11.4 Å². The number of amides is 1. The van der Waals surface area contributed by atoms with E-state index >= 15 is 0 Å². The molecule has 0 spiro atoms. The Morgan fingerprint density at radius 2 is 1.56 bits per heavy atom. The zero-order chi connectivity index (χ0) is 22.2. The van der Waals surface area contributed by atoms with Crippen LogP contribution in [-0.2, 0) is 4.79 Å². The Labute approximate surface area is 200 Å². The number of thiocarbonyl (C=S) groups is 1. The van der Waals surface area contributed by atoms with E-state index in [1.54, 1.807) is 0 Å². The molecule has 0 aliphatic rings. The molecule has 0 aliphatic carbocycles. The molecule has 4 aromatic rings. The number of thioether (sulfide) groups is 1. The third kappa shape index (κ3) is 6.40. The molecule has 160 valence electrons. The van der Waals surface area contributed by atoms with Crippen molar-refractivity contribution >= 4 is 62.8 Å². The van der Waals surface area contributed by atoms with Crippen LogP contribution in [0.3, 0.4) is 0 Å². The highest BCUT2D eigenvalue weighted by atomic mass is 32.2. The molecule has 3 aromatic carbocycles. The predicted octanol–water partition coefficient (Wildman–Crippen LogP) is 6.35. The zero-order valence-corrected chi connectivity index (χ0v) is 19.4. The number of carbonyl (C=O) groups excluding carboxylic acids is 1. The van der Waals surface area contributed by atoms with E-state index in [1.807, 2.05) is 90.3 Å². The fourth-order valence-corrected chi connectivity index (χ4v) is 4.58. The Hall–Kier alpha value is -3.20. The van der Waals surface area contributed by atoms with Crippen molar-refractivity contribution in [2.24, 2.45) is 0 Å². The summed E-state index contributed by atoms with van der Waals surface area (Å²) in [6.07, 6.45) is 0. The van der Waals surface area contributed by atoms with Crippen molar-refractivity contribution in [2.75, 3.05) is 21.7 Å². The number of nitrogens with one attached hydrogen (secondary N) is 3. The Bertz CT molecular complexity index is 1200. The van der Waals surface area contributed by atoms with Crippen molar-refractivity contribution in [1.29, 1.82) is 0 Å². The van der Waals surface area contributed by atoms with Gasteiger partial charge >= 0.3 is 0 Å². The molecule has 0 aliphatic heterocycles. The Kier molecular flexibility index (Phi) is 7.50. The van der Waals surface area contributed by atoms with Crippen LogP contribution in [0.1, 0.15) is 0 Å².